The van der Waals surface area contributed by atoms with Crippen LogP contribution in [0.25, 0.3) is 12.2 Å². The minimum atomic E-state index is 0.281. The summed E-state index contributed by atoms with van der Waals surface area (Å²) >= 11 is 0. The zero-order valence-electron chi connectivity index (χ0n) is 10.5. The summed E-state index contributed by atoms with van der Waals surface area (Å²) in [7, 11) is 0. The SMILES string of the molecule is Oc1ccccc1C=CCC=Cc1ccccc1O. The molecule has 0 fully saturated rings. The molecule has 96 valence electrons. The Hall–Kier alpha value is -2.48. The van der Waals surface area contributed by atoms with Crippen molar-refractivity contribution in [3.8, 4) is 11.5 Å². The van der Waals surface area contributed by atoms with Crippen LogP contribution in [0.1, 0.15) is 17.5 Å². The molecule has 0 aliphatic rings. The first-order valence-corrected chi connectivity index (χ1v) is 6.16. The topological polar surface area (TPSA) is 40.5 Å². The van der Waals surface area contributed by atoms with Crippen LogP contribution in [0.2, 0.25) is 0 Å². The third-order valence-electron chi connectivity index (χ3n) is 2.74. The summed E-state index contributed by atoms with van der Waals surface area (Å²) in [5.41, 5.74) is 1.61. The summed E-state index contributed by atoms with van der Waals surface area (Å²) < 4.78 is 0. The molecule has 0 aromatic heterocycles. The van der Waals surface area contributed by atoms with Gasteiger partial charge in [-0.2, -0.15) is 0 Å². The number of phenolic OH excluding ortho intramolecular Hbond substituents is 2. The van der Waals surface area contributed by atoms with Gasteiger partial charge in [0.25, 0.3) is 0 Å². The van der Waals surface area contributed by atoms with Crippen molar-refractivity contribution in [3.63, 3.8) is 0 Å². The Bertz CT molecular complexity index is 544. The van der Waals surface area contributed by atoms with E-state index >= 15 is 0 Å². The zero-order chi connectivity index (χ0) is 13.5. The van der Waals surface area contributed by atoms with E-state index in [1.165, 1.54) is 0 Å². The van der Waals surface area contributed by atoms with Crippen molar-refractivity contribution in [2.45, 2.75) is 6.42 Å². The van der Waals surface area contributed by atoms with Crippen LogP contribution in [-0.2, 0) is 0 Å². The molecule has 2 heteroatoms. The van der Waals surface area contributed by atoms with Gasteiger partial charge in [-0.15, -0.1) is 0 Å². The van der Waals surface area contributed by atoms with Gasteiger partial charge in [0.2, 0.25) is 0 Å². The second-order valence-electron chi connectivity index (χ2n) is 4.16. The quantitative estimate of drug-likeness (QED) is 0.855. The van der Waals surface area contributed by atoms with Crippen LogP contribution in [0.3, 0.4) is 0 Å². The number of aromatic hydroxyl groups is 2. The van der Waals surface area contributed by atoms with Gasteiger partial charge < -0.3 is 10.2 Å². The van der Waals surface area contributed by atoms with E-state index in [1.807, 2.05) is 48.6 Å². The summed E-state index contributed by atoms with van der Waals surface area (Å²) in [6.45, 7) is 0. The van der Waals surface area contributed by atoms with Crippen molar-refractivity contribution >= 4 is 12.2 Å². The van der Waals surface area contributed by atoms with Gasteiger partial charge in [-0.3, -0.25) is 0 Å². The molecule has 0 saturated heterocycles. The first-order valence-electron chi connectivity index (χ1n) is 6.16. The van der Waals surface area contributed by atoms with Gasteiger partial charge in [0.1, 0.15) is 11.5 Å². The average Bonchev–Trinajstić information content (AvgIpc) is 2.42. The maximum Gasteiger partial charge on any atom is 0.122 e. The van der Waals surface area contributed by atoms with E-state index in [1.54, 1.807) is 24.3 Å². The molecule has 2 N–H and O–H groups in total. The number of rotatable bonds is 4. The Labute approximate surface area is 113 Å². The predicted molar refractivity (Wildman–Crippen MR) is 78.9 cm³/mol. The molecule has 2 aromatic carbocycles. The van der Waals surface area contributed by atoms with Crippen LogP contribution in [0.15, 0.2) is 60.7 Å². The molecule has 0 radical (unpaired) electrons. The number of phenols is 2. The lowest BCUT2D eigenvalue weighted by Crippen LogP contribution is -1.73. The smallest absolute Gasteiger partial charge is 0.122 e. The standard InChI is InChI=1S/C17H16O2/c18-16-12-6-4-10-14(16)8-2-1-3-9-15-11-5-7-13-17(15)19/h2-13,18-19H,1H2. The summed E-state index contributed by atoms with van der Waals surface area (Å²) in [6, 6.07) is 14.4. The van der Waals surface area contributed by atoms with Crippen molar-refractivity contribution in [2.75, 3.05) is 0 Å². The van der Waals surface area contributed by atoms with Gasteiger partial charge in [-0.05, 0) is 18.6 Å². The van der Waals surface area contributed by atoms with Gasteiger partial charge in [0, 0.05) is 11.1 Å². The maximum absolute atomic E-state index is 9.58. The van der Waals surface area contributed by atoms with Gasteiger partial charge >= 0.3 is 0 Å². The van der Waals surface area contributed by atoms with Crippen LogP contribution in [0, 0.1) is 0 Å². The van der Waals surface area contributed by atoms with Crippen molar-refractivity contribution in [3.05, 3.63) is 71.8 Å². The minimum absolute atomic E-state index is 0.281. The highest BCUT2D eigenvalue weighted by atomic mass is 16.3. The number of allylic oxidation sites excluding steroid dienone is 2. The van der Waals surface area contributed by atoms with Crippen molar-refractivity contribution in [1.82, 2.24) is 0 Å². The van der Waals surface area contributed by atoms with Gasteiger partial charge in [-0.1, -0.05) is 60.7 Å². The molecule has 0 heterocycles. The summed E-state index contributed by atoms with van der Waals surface area (Å²) in [5, 5.41) is 19.2. The summed E-state index contributed by atoms with van der Waals surface area (Å²) in [5.74, 6) is 0.562. The highest BCUT2D eigenvalue weighted by Crippen LogP contribution is 2.18. The molecule has 0 amide bonds. The highest BCUT2D eigenvalue weighted by molar-refractivity contribution is 5.58. The molecule has 2 aromatic rings. The molecule has 0 unspecified atom stereocenters. The third-order valence-corrected chi connectivity index (χ3v) is 2.74. The fourth-order valence-electron chi connectivity index (χ4n) is 1.73. The molecule has 0 spiro atoms. The number of benzene rings is 2. The Kier molecular flexibility index (Phi) is 4.40. The monoisotopic (exact) mass is 252 g/mol. The highest BCUT2D eigenvalue weighted by Gasteiger charge is 1.93. The van der Waals surface area contributed by atoms with Gasteiger partial charge in [0.05, 0.1) is 0 Å². The largest absolute Gasteiger partial charge is 0.507 e. The van der Waals surface area contributed by atoms with E-state index in [4.69, 9.17) is 0 Å². The van der Waals surface area contributed by atoms with E-state index in [0.717, 1.165) is 17.5 Å². The zero-order valence-corrected chi connectivity index (χ0v) is 10.5. The van der Waals surface area contributed by atoms with Gasteiger partial charge in [0.15, 0.2) is 0 Å². The van der Waals surface area contributed by atoms with E-state index in [2.05, 4.69) is 0 Å². The Morgan fingerprint density at radius 3 is 1.53 bits per heavy atom. The minimum Gasteiger partial charge on any atom is -0.507 e. The maximum atomic E-state index is 9.58. The fraction of sp³-hybridized carbons (Fsp3) is 0.0588. The summed E-state index contributed by atoms with van der Waals surface area (Å²) in [6.07, 6.45) is 8.43. The fourth-order valence-corrected chi connectivity index (χ4v) is 1.73. The van der Waals surface area contributed by atoms with Crippen LogP contribution < -0.4 is 0 Å². The molecule has 0 aliphatic heterocycles. The Morgan fingerprint density at radius 2 is 1.11 bits per heavy atom. The van der Waals surface area contributed by atoms with Crippen LogP contribution in [0.5, 0.6) is 11.5 Å². The van der Waals surface area contributed by atoms with Crippen LogP contribution in [0.4, 0.5) is 0 Å². The molecular weight excluding hydrogens is 236 g/mol. The lowest BCUT2D eigenvalue weighted by atomic mass is 10.1. The average molecular weight is 252 g/mol. The second kappa shape index (κ2) is 6.45. The molecule has 0 aliphatic carbocycles. The predicted octanol–water partition coefficient (Wildman–Crippen LogP) is 4.21. The van der Waals surface area contributed by atoms with Gasteiger partial charge in [-0.25, -0.2) is 0 Å². The molecule has 0 saturated carbocycles. The second-order valence-corrected chi connectivity index (χ2v) is 4.16. The lowest BCUT2D eigenvalue weighted by molar-refractivity contribution is 0.473. The summed E-state index contributed by atoms with van der Waals surface area (Å²) in [4.78, 5) is 0. The van der Waals surface area contributed by atoms with E-state index in [0.29, 0.717) is 0 Å². The number of hydrogen-bond acceptors (Lipinski definition) is 2. The molecule has 0 atom stereocenters. The molecule has 2 nitrogen and oxygen atoms in total. The molecular formula is C17H16O2. The van der Waals surface area contributed by atoms with Crippen molar-refractivity contribution in [2.24, 2.45) is 0 Å². The van der Waals surface area contributed by atoms with E-state index < -0.39 is 0 Å². The number of hydrogen-bond donors (Lipinski definition) is 2. The molecule has 2 rings (SSSR count). The first kappa shape index (κ1) is 13.0. The molecule has 0 bridgehead atoms. The van der Waals surface area contributed by atoms with Crippen molar-refractivity contribution in [1.29, 1.82) is 0 Å². The Morgan fingerprint density at radius 1 is 0.684 bits per heavy atom. The lowest BCUT2D eigenvalue weighted by Gasteiger charge is -1.97. The van der Waals surface area contributed by atoms with E-state index in [-0.39, 0.29) is 11.5 Å². The van der Waals surface area contributed by atoms with Crippen LogP contribution in [-0.4, -0.2) is 10.2 Å². The van der Waals surface area contributed by atoms with Crippen molar-refractivity contribution < 1.29 is 10.2 Å². The normalized spacial score (nSPS) is 11.4. The third kappa shape index (κ3) is 3.75. The number of para-hydroxylation sites is 2. The van der Waals surface area contributed by atoms with E-state index in [9.17, 15) is 10.2 Å². The molecule has 19 heavy (non-hydrogen) atoms. The van der Waals surface area contributed by atoms with Crippen LogP contribution >= 0.6 is 0 Å². The Balaban J connectivity index is 1.94. The first-order chi connectivity index (χ1) is 9.27.